The Balaban J connectivity index is 2.20. The second-order valence-electron chi connectivity index (χ2n) is 4.81. The van der Waals surface area contributed by atoms with Crippen molar-refractivity contribution in [2.75, 3.05) is 0 Å². The molecule has 0 atom stereocenters. The van der Waals surface area contributed by atoms with Crippen molar-refractivity contribution in [2.45, 2.75) is 39.0 Å². The second-order valence-corrected chi connectivity index (χ2v) is 4.81. The molecule has 1 aromatic carbocycles. The highest BCUT2D eigenvalue weighted by Crippen LogP contribution is 2.27. The van der Waals surface area contributed by atoms with Crippen molar-refractivity contribution in [2.24, 2.45) is 0 Å². The molecule has 0 saturated carbocycles. The van der Waals surface area contributed by atoms with Crippen molar-refractivity contribution in [1.82, 2.24) is 5.32 Å². The highest BCUT2D eigenvalue weighted by molar-refractivity contribution is 6.35. The quantitative estimate of drug-likeness (QED) is 0.629. The maximum Gasteiger partial charge on any atom is 0.259 e. The molecule has 1 aliphatic heterocycles. The Bertz CT molecular complexity index is 503. The van der Waals surface area contributed by atoms with Gasteiger partial charge in [-0.25, -0.2) is 0 Å². The number of carbonyl (C=O) groups excluding carboxylic acids is 2. The Morgan fingerprint density at radius 3 is 2.37 bits per heavy atom. The Morgan fingerprint density at radius 1 is 0.947 bits per heavy atom. The van der Waals surface area contributed by atoms with Crippen LogP contribution < -0.4 is 5.32 Å². The third-order valence-electron chi connectivity index (χ3n) is 3.37. The first kappa shape index (κ1) is 13.5. The van der Waals surface area contributed by atoms with Crippen LogP contribution in [-0.4, -0.2) is 11.8 Å². The van der Waals surface area contributed by atoms with Gasteiger partial charge in [0.1, 0.15) is 0 Å². The van der Waals surface area contributed by atoms with E-state index in [2.05, 4.69) is 12.2 Å². The van der Waals surface area contributed by atoms with Crippen molar-refractivity contribution in [1.29, 1.82) is 0 Å². The van der Waals surface area contributed by atoms with Crippen LogP contribution in [0.5, 0.6) is 0 Å². The van der Waals surface area contributed by atoms with Crippen molar-refractivity contribution < 1.29 is 9.59 Å². The van der Waals surface area contributed by atoms with Crippen LogP contribution in [0, 0.1) is 0 Å². The van der Waals surface area contributed by atoms with E-state index < -0.39 is 0 Å². The number of carbonyl (C=O) groups is 2. The van der Waals surface area contributed by atoms with E-state index in [1.165, 1.54) is 6.42 Å². The number of hydrogen-bond acceptors (Lipinski definition) is 2. The minimum Gasteiger partial charge on any atom is -0.288 e. The number of nitrogens with one attached hydrogen (secondary N) is 1. The van der Waals surface area contributed by atoms with E-state index >= 15 is 0 Å². The van der Waals surface area contributed by atoms with Gasteiger partial charge in [0.15, 0.2) is 0 Å². The lowest BCUT2D eigenvalue weighted by atomic mass is 9.97. The van der Waals surface area contributed by atoms with Gasteiger partial charge in [0.25, 0.3) is 11.8 Å². The number of unbranched alkanes of at least 4 members (excludes halogenated alkanes) is 3. The molecular weight excluding hydrogens is 238 g/mol. The fraction of sp³-hybridized carbons (Fsp3) is 0.375. The summed E-state index contributed by atoms with van der Waals surface area (Å²) >= 11 is 0. The standard InChI is InChI=1S/C16H19NO2/c1-2-3-4-8-11-13-14(16(19)17-15(13)18)12-9-6-5-7-10-12/h5-7,9-10H,2-4,8,11H2,1H3,(H,17,18,19). The molecule has 1 heterocycles. The van der Waals surface area contributed by atoms with Crippen molar-refractivity contribution in [3.8, 4) is 0 Å². The van der Waals surface area contributed by atoms with Gasteiger partial charge in [0, 0.05) is 5.57 Å². The zero-order valence-electron chi connectivity index (χ0n) is 11.2. The van der Waals surface area contributed by atoms with Gasteiger partial charge in [-0.2, -0.15) is 0 Å². The van der Waals surface area contributed by atoms with E-state index in [1.807, 2.05) is 30.3 Å². The Morgan fingerprint density at radius 2 is 1.68 bits per heavy atom. The first-order valence-electron chi connectivity index (χ1n) is 6.88. The molecule has 1 N–H and O–H groups in total. The molecule has 2 rings (SSSR count). The normalized spacial score (nSPS) is 15.0. The van der Waals surface area contributed by atoms with E-state index in [-0.39, 0.29) is 11.8 Å². The second kappa shape index (κ2) is 6.32. The van der Waals surface area contributed by atoms with Crippen molar-refractivity contribution in [3.05, 3.63) is 41.5 Å². The molecule has 1 aliphatic rings. The van der Waals surface area contributed by atoms with Gasteiger partial charge in [-0.3, -0.25) is 14.9 Å². The smallest absolute Gasteiger partial charge is 0.259 e. The molecule has 0 radical (unpaired) electrons. The van der Waals surface area contributed by atoms with Crippen LogP contribution in [-0.2, 0) is 9.59 Å². The van der Waals surface area contributed by atoms with Crippen molar-refractivity contribution in [3.63, 3.8) is 0 Å². The predicted molar refractivity (Wildman–Crippen MR) is 75.3 cm³/mol. The van der Waals surface area contributed by atoms with E-state index in [0.29, 0.717) is 17.6 Å². The van der Waals surface area contributed by atoms with Crippen LogP contribution >= 0.6 is 0 Å². The van der Waals surface area contributed by atoms with Gasteiger partial charge in [0.2, 0.25) is 0 Å². The summed E-state index contributed by atoms with van der Waals surface area (Å²) in [7, 11) is 0. The number of amides is 2. The third kappa shape index (κ3) is 3.11. The lowest BCUT2D eigenvalue weighted by Crippen LogP contribution is -2.23. The molecule has 0 fully saturated rings. The maximum atomic E-state index is 11.9. The summed E-state index contributed by atoms with van der Waals surface area (Å²) in [4.78, 5) is 23.7. The number of imide groups is 1. The molecule has 19 heavy (non-hydrogen) atoms. The van der Waals surface area contributed by atoms with E-state index in [1.54, 1.807) is 0 Å². The largest absolute Gasteiger partial charge is 0.288 e. The highest BCUT2D eigenvalue weighted by Gasteiger charge is 2.30. The Labute approximate surface area is 113 Å². The van der Waals surface area contributed by atoms with Crippen LogP contribution in [0.4, 0.5) is 0 Å². The lowest BCUT2D eigenvalue weighted by Gasteiger charge is -2.04. The monoisotopic (exact) mass is 257 g/mol. The van der Waals surface area contributed by atoms with Gasteiger partial charge >= 0.3 is 0 Å². The van der Waals surface area contributed by atoms with Crippen LogP contribution in [0.2, 0.25) is 0 Å². The average molecular weight is 257 g/mol. The topological polar surface area (TPSA) is 46.2 Å². The molecule has 0 bridgehead atoms. The molecule has 0 aromatic heterocycles. The molecule has 100 valence electrons. The van der Waals surface area contributed by atoms with Crippen LogP contribution in [0.25, 0.3) is 5.57 Å². The van der Waals surface area contributed by atoms with Crippen LogP contribution in [0.15, 0.2) is 35.9 Å². The molecule has 0 saturated heterocycles. The minimum absolute atomic E-state index is 0.222. The lowest BCUT2D eigenvalue weighted by molar-refractivity contribution is -0.123. The minimum atomic E-state index is -0.262. The summed E-state index contributed by atoms with van der Waals surface area (Å²) in [6.45, 7) is 2.15. The molecule has 3 nitrogen and oxygen atoms in total. The van der Waals surface area contributed by atoms with Crippen LogP contribution in [0.3, 0.4) is 0 Å². The van der Waals surface area contributed by atoms with Gasteiger partial charge in [-0.15, -0.1) is 0 Å². The number of hydrogen-bond donors (Lipinski definition) is 1. The van der Waals surface area contributed by atoms with Crippen LogP contribution in [0.1, 0.15) is 44.6 Å². The molecule has 0 aliphatic carbocycles. The third-order valence-corrected chi connectivity index (χ3v) is 3.37. The zero-order chi connectivity index (χ0) is 13.7. The fourth-order valence-corrected chi connectivity index (χ4v) is 2.37. The van der Waals surface area contributed by atoms with Gasteiger partial charge in [0.05, 0.1) is 5.57 Å². The zero-order valence-corrected chi connectivity index (χ0v) is 11.2. The Kier molecular flexibility index (Phi) is 4.50. The molecule has 3 heteroatoms. The van der Waals surface area contributed by atoms with E-state index in [4.69, 9.17) is 0 Å². The summed E-state index contributed by atoms with van der Waals surface area (Å²) < 4.78 is 0. The number of benzene rings is 1. The molecule has 1 aromatic rings. The predicted octanol–water partition coefficient (Wildman–Crippen LogP) is 3.07. The molecule has 0 unspecified atom stereocenters. The first-order valence-corrected chi connectivity index (χ1v) is 6.88. The van der Waals surface area contributed by atoms with Crippen molar-refractivity contribution >= 4 is 17.4 Å². The highest BCUT2D eigenvalue weighted by atomic mass is 16.2. The first-order chi connectivity index (χ1) is 9.24. The molecule has 2 amide bonds. The maximum absolute atomic E-state index is 11.9. The summed E-state index contributed by atoms with van der Waals surface area (Å²) in [5.41, 5.74) is 2.03. The fourth-order valence-electron chi connectivity index (χ4n) is 2.37. The van der Waals surface area contributed by atoms with E-state index in [0.717, 1.165) is 24.8 Å². The van der Waals surface area contributed by atoms with Gasteiger partial charge in [-0.1, -0.05) is 56.5 Å². The number of rotatable bonds is 6. The average Bonchev–Trinajstić information content (AvgIpc) is 2.70. The van der Waals surface area contributed by atoms with E-state index in [9.17, 15) is 9.59 Å². The summed E-state index contributed by atoms with van der Waals surface area (Å²) in [6.07, 6.45) is 5.07. The summed E-state index contributed by atoms with van der Waals surface area (Å²) in [5, 5.41) is 2.40. The SMILES string of the molecule is CCCCCCC1=C(c2ccccc2)C(=O)NC1=O. The molecule has 0 spiro atoms. The van der Waals surface area contributed by atoms with Gasteiger partial charge in [-0.05, 0) is 18.4 Å². The Hall–Kier alpha value is -1.90. The van der Waals surface area contributed by atoms with Gasteiger partial charge < -0.3 is 0 Å². The summed E-state index contributed by atoms with van der Waals surface area (Å²) in [6, 6.07) is 9.42. The molecular formula is C16H19NO2. The summed E-state index contributed by atoms with van der Waals surface area (Å²) in [5.74, 6) is -0.484.